The second-order valence-corrected chi connectivity index (χ2v) is 5.77. The van der Waals surface area contributed by atoms with Crippen LogP contribution in [-0.4, -0.2) is 40.3 Å². The number of thioether (sulfide) groups is 1. The Morgan fingerprint density at radius 2 is 2.25 bits per heavy atom. The first-order valence-corrected chi connectivity index (χ1v) is 7.74. The Kier molecular flexibility index (Phi) is 5.49. The van der Waals surface area contributed by atoms with Gasteiger partial charge in [-0.1, -0.05) is 18.2 Å². The molecule has 108 valence electrons. The maximum atomic E-state index is 11.4. The second-order valence-electron chi connectivity index (χ2n) is 4.46. The molecule has 0 radical (unpaired) electrons. The number of aromatic amines is 1. The van der Waals surface area contributed by atoms with Crippen molar-refractivity contribution in [2.24, 2.45) is 0 Å². The summed E-state index contributed by atoms with van der Waals surface area (Å²) in [4.78, 5) is 14.5. The van der Waals surface area contributed by atoms with Crippen LogP contribution in [0, 0.1) is 0 Å². The fourth-order valence-corrected chi connectivity index (χ4v) is 3.05. The molecule has 0 aliphatic carbocycles. The lowest BCUT2D eigenvalue weighted by molar-refractivity contribution is -0.136. The van der Waals surface area contributed by atoms with E-state index in [1.165, 1.54) is 11.8 Å². The predicted octanol–water partition coefficient (Wildman–Crippen LogP) is 2.93. The van der Waals surface area contributed by atoms with Crippen LogP contribution in [0.25, 0.3) is 10.9 Å². The molecule has 2 aromatic rings. The zero-order valence-corrected chi connectivity index (χ0v) is 12.3. The highest BCUT2D eigenvalue weighted by Gasteiger charge is 2.19. The van der Waals surface area contributed by atoms with Crippen molar-refractivity contribution in [2.75, 3.05) is 19.0 Å². The Morgan fingerprint density at radius 1 is 1.45 bits per heavy atom. The summed E-state index contributed by atoms with van der Waals surface area (Å²) < 4.78 is 5.25. The average molecular weight is 293 g/mol. The molecule has 0 unspecified atom stereocenters. The minimum absolute atomic E-state index is 0.435. The number of ether oxygens (including phenoxy) is 1. The molecule has 1 heterocycles. The Morgan fingerprint density at radius 3 is 3.00 bits per heavy atom. The Hall–Kier alpha value is -1.46. The van der Waals surface area contributed by atoms with Crippen molar-refractivity contribution in [3.05, 3.63) is 36.0 Å². The predicted molar refractivity (Wildman–Crippen MR) is 82.4 cm³/mol. The van der Waals surface area contributed by atoms with Crippen LogP contribution in [0.1, 0.15) is 12.5 Å². The average Bonchev–Trinajstić information content (AvgIpc) is 2.85. The summed E-state index contributed by atoms with van der Waals surface area (Å²) in [5.74, 6) is -0.0653. The van der Waals surface area contributed by atoms with E-state index in [9.17, 15) is 9.90 Å². The van der Waals surface area contributed by atoms with Gasteiger partial charge < -0.3 is 14.8 Å². The highest BCUT2D eigenvalue weighted by molar-refractivity contribution is 8.00. The van der Waals surface area contributed by atoms with E-state index in [4.69, 9.17) is 4.74 Å². The number of rotatable bonds is 8. The number of aromatic nitrogens is 1. The summed E-state index contributed by atoms with van der Waals surface area (Å²) in [5.41, 5.74) is 2.10. The number of fused-ring (bicyclic) bond motifs is 1. The molecule has 4 nitrogen and oxygen atoms in total. The first-order valence-electron chi connectivity index (χ1n) is 6.69. The van der Waals surface area contributed by atoms with Crippen LogP contribution >= 0.6 is 11.8 Å². The minimum Gasteiger partial charge on any atom is -0.480 e. The van der Waals surface area contributed by atoms with Gasteiger partial charge in [0.05, 0.1) is 6.61 Å². The van der Waals surface area contributed by atoms with Gasteiger partial charge in [0.15, 0.2) is 0 Å². The number of carboxylic acids is 1. The lowest BCUT2D eigenvalue weighted by atomic mass is 10.1. The number of nitrogens with one attached hydrogen (secondary N) is 1. The molecule has 0 aliphatic rings. The third kappa shape index (κ3) is 3.77. The van der Waals surface area contributed by atoms with Gasteiger partial charge in [0.25, 0.3) is 0 Å². The van der Waals surface area contributed by atoms with E-state index in [0.717, 1.165) is 16.5 Å². The van der Waals surface area contributed by atoms with Crippen LogP contribution in [0.4, 0.5) is 0 Å². The van der Waals surface area contributed by atoms with Crippen molar-refractivity contribution in [1.29, 1.82) is 0 Å². The first kappa shape index (κ1) is 14.9. The van der Waals surface area contributed by atoms with Crippen molar-refractivity contribution in [3.63, 3.8) is 0 Å². The van der Waals surface area contributed by atoms with Gasteiger partial charge in [-0.3, -0.25) is 4.79 Å². The van der Waals surface area contributed by atoms with E-state index in [2.05, 4.69) is 4.98 Å². The van der Waals surface area contributed by atoms with Gasteiger partial charge in [-0.2, -0.15) is 0 Å². The van der Waals surface area contributed by atoms with Gasteiger partial charge in [-0.25, -0.2) is 0 Å². The molecular formula is C15H19NO3S. The summed E-state index contributed by atoms with van der Waals surface area (Å²) >= 11 is 1.44. The van der Waals surface area contributed by atoms with Crippen molar-refractivity contribution >= 4 is 28.6 Å². The highest BCUT2D eigenvalue weighted by atomic mass is 32.2. The standard InChI is InChI=1S/C15H19NO3S/c1-2-19-7-8-20-14(15(17)18)9-11-10-16-13-6-4-3-5-12(11)13/h3-6,10,14,16H,2,7-9H2,1H3,(H,17,18)/t14-/m0/s1. The van der Waals surface area contributed by atoms with Crippen LogP contribution in [0.5, 0.6) is 0 Å². The molecule has 5 heteroatoms. The van der Waals surface area contributed by atoms with E-state index >= 15 is 0 Å². The zero-order chi connectivity index (χ0) is 14.4. The number of carboxylic acid groups (broad SMARTS) is 1. The molecular weight excluding hydrogens is 274 g/mol. The summed E-state index contributed by atoms with van der Waals surface area (Å²) in [6.07, 6.45) is 2.43. The molecule has 0 bridgehead atoms. The summed E-state index contributed by atoms with van der Waals surface area (Å²) in [7, 11) is 0. The van der Waals surface area contributed by atoms with Gasteiger partial charge in [-0.05, 0) is 25.0 Å². The minimum atomic E-state index is -0.767. The quantitative estimate of drug-likeness (QED) is 0.735. The van der Waals surface area contributed by atoms with Crippen molar-refractivity contribution < 1.29 is 14.6 Å². The van der Waals surface area contributed by atoms with Crippen molar-refractivity contribution in [3.8, 4) is 0 Å². The summed E-state index contributed by atoms with van der Waals surface area (Å²) in [6.45, 7) is 3.20. The molecule has 1 aromatic heterocycles. The molecule has 2 rings (SSSR count). The normalized spacial score (nSPS) is 12.7. The molecule has 1 aromatic carbocycles. The van der Waals surface area contributed by atoms with Crippen molar-refractivity contribution in [1.82, 2.24) is 4.98 Å². The Balaban J connectivity index is 2.02. The molecule has 0 amide bonds. The number of hydrogen-bond donors (Lipinski definition) is 2. The number of para-hydroxylation sites is 1. The number of hydrogen-bond acceptors (Lipinski definition) is 3. The number of carbonyl (C=O) groups is 1. The van der Waals surface area contributed by atoms with E-state index in [1.54, 1.807) is 0 Å². The third-order valence-electron chi connectivity index (χ3n) is 3.11. The molecule has 2 N–H and O–H groups in total. The van der Waals surface area contributed by atoms with Gasteiger partial charge in [-0.15, -0.1) is 11.8 Å². The third-order valence-corrected chi connectivity index (χ3v) is 4.28. The summed E-state index contributed by atoms with van der Waals surface area (Å²) in [5, 5.41) is 9.99. The number of benzene rings is 1. The van der Waals surface area contributed by atoms with E-state index in [-0.39, 0.29) is 0 Å². The second kappa shape index (κ2) is 7.36. The van der Waals surface area contributed by atoms with E-state index < -0.39 is 11.2 Å². The maximum Gasteiger partial charge on any atom is 0.316 e. The van der Waals surface area contributed by atoms with Crippen LogP contribution < -0.4 is 0 Å². The SMILES string of the molecule is CCOCCS[C@@H](Cc1c[nH]c2ccccc12)C(=O)O. The van der Waals surface area contributed by atoms with Crippen LogP contribution in [-0.2, 0) is 16.0 Å². The smallest absolute Gasteiger partial charge is 0.316 e. The molecule has 1 atom stereocenters. The van der Waals surface area contributed by atoms with Crippen LogP contribution in [0.15, 0.2) is 30.5 Å². The van der Waals surface area contributed by atoms with Crippen LogP contribution in [0.3, 0.4) is 0 Å². The molecule has 0 aliphatic heterocycles. The first-order chi connectivity index (χ1) is 9.72. The van der Waals surface area contributed by atoms with Gasteiger partial charge >= 0.3 is 5.97 Å². The van der Waals surface area contributed by atoms with E-state index in [1.807, 2.05) is 37.4 Å². The highest BCUT2D eigenvalue weighted by Crippen LogP contribution is 2.23. The largest absolute Gasteiger partial charge is 0.480 e. The number of aliphatic carboxylic acids is 1. The fraction of sp³-hybridized carbons (Fsp3) is 0.400. The molecule has 0 saturated carbocycles. The number of H-pyrrole nitrogens is 1. The summed E-state index contributed by atoms with van der Waals surface area (Å²) in [6, 6.07) is 7.95. The lowest BCUT2D eigenvalue weighted by Gasteiger charge is -2.11. The molecule has 0 saturated heterocycles. The Bertz CT molecular complexity index is 567. The fourth-order valence-electron chi connectivity index (χ4n) is 2.11. The van der Waals surface area contributed by atoms with Gasteiger partial charge in [0, 0.05) is 29.5 Å². The molecule has 20 heavy (non-hydrogen) atoms. The van der Waals surface area contributed by atoms with Gasteiger partial charge in [0.1, 0.15) is 5.25 Å². The Labute approximate surface area is 122 Å². The lowest BCUT2D eigenvalue weighted by Crippen LogP contribution is -2.20. The van der Waals surface area contributed by atoms with E-state index in [0.29, 0.717) is 25.4 Å². The zero-order valence-electron chi connectivity index (χ0n) is 11.5. The molecule has 0 spiro atoms. The molecule has 0 fully saturated rings. The monoisotopic (exact) mass is 293 g/mol. The van der Waals surface area contributed by atoms with Crippen molar-refractivity contribution in [2.45, 2.75) is 18.6 Å². The topological polar surface area (TPSA) is 62.3 Å². The van der Waals surface area contributed by atoms with Gasteiger partial charge in [0.2, 0.25) is 0 Å². The van der Waals surface area contributed by atoms with Crippen LogP contribution in [0.2, 0.25) is 0 Å². The maximum absolute atomic E-state index is 11.4.